The van der Waals surface area contributed by atoms with Crippen LogP contribution in [0.15, 0.2) is 71.6 Å². The standard InChI is InChI=1S/C23H20ClNO3S/c1-15-11-20(22(28-2)13-19(15)24)25-23(27)17-9-6-10-18(12-17)29-14-21(26)16-7-4-3-5-8-16/h3-13H,14H2,1-2H3,(H,25,27). The van der Waals surface area contributed by atoms with E-state index in [2.05, 4.69) is 5.32 Å². The number of carbonyl (C=O) groups excluding carboxylic acids is 2. The maximum absolute atomic E-state index is 12.7. The number of nitrogens with one attached hydrogen (secondary N) is 1. The summed E-state index contributed by atoms with van der Waals surface area (Å²) in [6.07, 6.45) is 0. The molecule has 0 saturated heterocycles. The number of ketones is 1. The maximum atomic E-state index is 12.7. The lowest BCUT2D eigenvalue weighted by Gasteiger charge is -2.12. The highest BCUT2D eigenvalue weighted by Crippen LogP contribution is 2.31. The lowest BCUT2D eigenvalue weighted by molar-refractivity contribution is 0.101. The highest BCUT2D eigenvalue weighted by atomic mass is 35.5. The smallest absolute Gasteiger partial charge is 0.255 e. The van der Waals surface area contributed by atoms with Crippen LogP contribution in [-0.2, 0) is 0 Å². The fourth-order valence-corrected chi connectivity index (χ4v) is 3.71. The molecule has 3 rings (SSSR count). The Morgan fingerprint density at radius 3 is 2.45 bits per heavy atom. The van der Waals surface area contributed by atoms with Gasteiger partial charge in [0.05, 0.1) is 18.6 Å². The molecule has 3 aromatic rings. The maximum Gasteiger partial charge on any atom is 0.255 e. The van der Waals surface area contributed by atoms with Gasteiger partial charge >= 0.3 is 0 Å². The van der Waals surface area contributed by atoms with Crippen molar-refractivity contribution < 1.29 is 14.3 Å². The van der Waals surface area contributed by atoms with Crippen molar-refractivity contribution in [1.29, 1.82) is 0 Å². The van der Waals surface area contributed by atoms with Gasteiger partial charge in [0.15, 0.2) is 5.78 Å². The average Bonchev–Trinajstić information content (AvgIpc) is 2.75. The minimum absolute atomic E-state index is 0.0480. The van der Waals surface area contributed by atoms with E-state index in [4.69, 9.17) is 16.3 Å². The van der Waals surface area contributed by atoms with Gasteiger partial charge in [-0.25, -0.2) is 0 Å². The van der Waals surface area contributed by atoms with Crippen LogP contribution in [0.25, 0.3) is 0 Å². The zero-order valence-corrected chi connectivity index (χ0v) is 17.6. The fraction of sp³-hybridized carbons (Fsp3) is 0.130. The van der Waals surface area contributed by atoms with Gasteiger partial charge in [-0.15, -0.1) is 11.8 Å². The third kappa shape index (κ3) is 5.40. The number of methoxy groups -OCH3 is 1. The monoisotopic (exact) mass is 425 g/mol. The molecule has 3 aromatic carbocycles. The number of ether oxygens (including phenoxy) is 1. The predicted octanol–water partition coefficient (Wildman–Crippen LogP) is 5.88. The van der Waals surface area contributed by atoms with E-state index < -0.39 is 0 Å². The van der Waals surface area contributed by atoms with E-state index in [1.807, 2.05) is 31.2 Å². The number of thioether (sulfide) groups is 1. The number of rotatable bonds is 7. The fourth-order valence-electron chi connectivity index (χ4n) is 2.71. The molecular formula is C23H20ClNO3S. The summed E-state index contributed by atoms with van der Waals surface area (Å²) >= 11 is 7.52. The molecule has 148 valence electrons. The van der Waals surface area contributed by atoms with Gasteiger partial charge in [-0.3, -0.25) is 9.59 Å². The Bertz CT molecular complexity index is 1040. The third-order valence-electron chi connectivity index (χ3n) is 4.29. The van der Waals surface area contributed by atoms with Gasteiger partial charge in [-0.2, -0.15) is 0 Å². The third-order valence-corrected chi connectivity index (χ3v) is 5.69. The van der Waals surface area contributed by atoms with Crippen molar-refractivity contribution in [3.63, 3.8) is 0 Å². The first-order valence-electron chi connectivity index (χ1n) is 8.94. The number of aryl methyl sites for hydroxylation is 1. The number of Topliss-reactive ketones (excluding diaryl/α,β-unsaturated/α-hetero) is 1. The molecule has 0 fully saturated rings. The highest BCUT2D eigenvalue weighted by molar-refractivity contribution is 8.00. The molecule has 0 aliphatic carbocycles. The molecule has 29 heavy (non-hydrogen) atoms. The summed E-state index contributed by atoms with van der Waals surface area (Å²) in [6.45, 7) is 1.86. The van der Waals surface area contributed by atoms with Crippen molar-refractivity contribution in [2.24, 2.45) is 0 Å². The molecule has 0 aromatic heterocycles. The van der Waals surface area contributed by atoms with E-state index in [9.17, 15) is 9.59 Å². The van der Waals surface area contributed by atoms with Crippen molar-refractivity contribution in [1.82, 2.24) is 0 Å². The van der Waals surface area contributed by atoms with Crippen molar-refractivity contribution in [3.8, 4) is 5.75 Å². The van der Waals surface area contributed by atoms with E-state index in [1.165, 1.54) is 18.9 Å². The molecule has 0 heterocycles. The number of carbonyl (C=O) groups is 2. The van der Waals surface area contributed by atoms with Crippen molar-refractivity contribution in [3.05, 3.63) is 88.4 Å². The van der Waals surface area contributed by atoms with Gasteiger partial charge in [-0.1, -0.05) is 48.0 Å². The SMILES string of the molecule is COc1cc(Cl)c(C)cc1NC(=O)c1cccc(SCC(=O)c2ccccc2)c1. The number of hydrogen-bond donors (Lipinski definition) is 1. The van der Waals surface area contributed by atoms with E-state index in [1.54, 1.807) is 42.5 Å². The molecule has 1 N–H and O–H groups in total. The summed E-state index contributed by atoms with van der Waals surface area (Å²) in [5.74, 6) is 0.584. The molecular weight excluding hydrogens is 406 g/mol. The van der Waals surface area contributed by atoms with Crippen LogP contribution in [0.5, 0.6) is 5.75 Å². The largest absolute Gasteiger partial charge is 0.495 e. The number of amides is 1. The van der Waals surface area contributed by atoms with E-state index in [-0.39, 0.29) is 11.7 Å². The topological polar surface area (TPSA) is 55.4 Å². The molecule has 0 saturated carbocycles. The minimum Gasteiger partial charge on any atom is -0.495 e. The van der Waals surface area contributed by atoms with Gasteiger partial charge in [0.2, 0.25) is 0 Å². The van der Waals surface area contributed by atoms with Crippen LogP contribution in [0.2, 0.25) is 5.02 Å². The van der Waals surface area contributed by atoms with Crippen LogP contribution < -0.4 is 10.1 Å². The lowest BCUT2D eigenvalue weighted by atomic mass is 10.1. The second-order valence-corrected chi connectivity index (χ2v) is 7.82. The molecule has 0 aliphatic rings. The second-order valence-electron chi connectivity index (χ2n) is 6.36. The van der Waals surface area contributed by atoms with Gasteiger partial charge in [-0.05, 0) is 36.8 Å². The summed E-state index contributed by atoms with van der Waals surface area (Å²) in [4.78, 5) is 25.8. The summed E-state index contributed by atoms with van der Waals surface area (Å²) in [5, 5.41) is 3.44. The number of hydrogen-bond acceptors (Lipinski definition) is 4. The van der Waals surface area contributed by atoms with Crippen LogP contribution in [0.3, 0.4) is 0 Å². The Morgan fingerprint density at radius 1 is 1.00 bits per heavy atom. The highest BCUT2D eigenvalue weighted by Gasteiger charge is 2.13. The van der Waals surface area contributed by atoms with Crippen molar-refractivity contribution in [2.45, 2.75) is 11.8 Å². The number of halogens is 1. The zero-order chi connectivity index (χ0) is 20.8. The van der Waals surface area contributed by atoms with Gasteiger partial charge in [0, 0.05) is 27.1 Å². The van der Waals surface area contributed by atoms with Crippen LogP contribution in [0, 0.1) is 6.92 Å². The quantitative estimate of drug-likeness (QED) is 0.379. The Kier molecular flexibility index (Phi) is 6.96. The Labute approximate surface area is 179 Å². The summed E-state index contributed by atoms with van der Waals surface area (Å²) in [7, 11) is 1.53. The lowest BCUT2D eigenvalue weighted by Crippen LogP contribution is -2.13. The van der Waals surface area contributed by atoms with Crippen LogP contribution >= 0.6 is 23.4 Å². The van der Waals surface area contributed by atoms with Gasteiger partial charge in [0.25, 0.3) is 5.91 Å². The first-order chi connectivity index (χ1) is 14.0. The molecule has 1 amide bonds. The molecule has 0 atom stereocenters. The molecule has 6 heteroatoms. The molecule has 0 spiro atoms. The Morgan fingerprint density at radius 2 is 1.72 bits per heavy atom. The minimum atomic E-state index is -0.262. The van der Waals surface area contributed by atoms with Crippen LogP contribution in [-0.4, -0.2) is 24.6 Å². The average molecular weight is 426 g/mol. The van der Waals surface area contributed by atoms with Crippen LogP contribution in [0.4, 0.5) is 5.69 Å². The van der Waals surface area contributed by atoms with Gasteiger partial charge < -0.3 is 10.1 Å². The van der Waals surface area contributed by atoms with Crippen molar-refractivity contribution >= 4 is 40.7 Å². The second kappa shape index (κ2) is 9.63. The van der Waals surface area contributed by atoms with E-state index in [0.717, 1.165) is 10.5 Å². The summed E-state index contributed by atoms with van der Waals surface area (Å²) in [6, 6.07) is 19.8. The molecule has 0 aliphatic heterocycles. The predicted molar refractivity (Wildman–Crippen MR) is 119 cm³/mol. The zero-order valence-electron chi connectivity index (χ0n) is 16.1. The van der Waals surface area contributed by atoms with Crippen molar-refractivity contribution in [2.75, 3.05) is 18.2 Å². The first-order valence-corrected chi connectivity index (χ1v) is 10.3. The van der Waals surface area contributed by atoms with Crippen LogP contribution in [0.1, 0.15) is 26.3 Å². The molecule has 0 bridgehead atoms. The number of benzene rings is 3. The summed E-state index contributed by atoms with van der Waals surface area (Å²) in [5.41, 5.74) is 2.57. The molecule has 4 nitrogen and oxygen atoms in total. The van der Waals surface area contributed by atoms with E-state index in [0.29, 0.717) is 33.3 Å². The Hall–Kier alpha value is -2.76. The molecule has 0 unspecified atom stereocenters. The number of anilines is 1. The first kappa shape index (κ1) is 21.0. The Balaban J connectivity index is 1.70. The normalized spacial score (nSPS) is 10.4. The molecule has 0 radical (unpaired) electrons. The van der Waals surface area contributed by atoms with Gasteiger partial charge in [0.1, 0.15) is 5.75 Å². The summed E-state index contributed by atoms with van der Waals surface area (Å²) < 4.78 is 5.31. The van der Waals surface area contributed by atoms with E-state index >= 15 is 0 Å².